The molecule has 0 saturated carbocycles. The second-order valence-electron chi connectivity index (χ2n) is 5.73. The molecular formula is C20H18N2O4. The summed E-state index contributed by atoms with van der Waals surface area (Å²) < 4.78 is 6.82. The third-order valence-corrected chi connectivity index (χ3v) is 3.89. The van der Waals surface area contributed by atoms with Gasteiger partial charge < -0.3 is 19.7 Å². The van der Waals surface area contributed by atoms with Crippen LogP contribution in [0.5, 0.6) is 5.75 Å². The molecule has 1 aromatic heterocycles. The van der Waals surface area contributed by atoms with Crippen molar-refractivity contribution in [1.82, 2.24) is 4.57 Å². The fourth-order valence-corrected chi connectivity index (χ4v) is 2.64. The number of benzene rings is 2. The van der Waals surface area contributed by atoms with E-state index in [1.54, 1.807) is 35.0 Å². The van der Waals surface area contributed by atoms with Crippen LogP contribution in [0.15, 0.2) is 67.0 Å². The minimum absolute atomic E-state index is 0.0404. The lowest BCUT2D eigenvalue weighted by Crippen LogP contribution is -2.14. The standard InChI is InChI=1S/C20H18N2O4/c1-26-16-9-5-8-15(10-16)21-19(23)17-12-22(13-18(17)20(24)25)11-14-6-3-2-4-7-14/h2-10,12-13H,11H2,1H3,(H,21,23)(H,24,25). The van der Waals surface area contributed by atoms with Crippen molar-refractivity contribution >= 4 is 17.6 Å². The minimum atomic E-state index is -1.15. The van der Waals surface area contributed by atoms with Crippen LogP contribution in [0.1, 0.15) is 26.3 Å². The van der Waals surface area contributed by atoms with E-state index in [1.807, 2.05) is 30.3 Å². The number of carboxylic acid groups (broad SMARTS) is 1. The van der Waals surface area contributed by atoms with E-state index in [2.05, 4.69) is 5.32 Å². The zero-order valence-electron chi connectivity index (χ0n) is 14.2. The average molecular weight is 350 g/mol. The molecule has 0 atom stereocenters. The van der Waals surface area contributed by atoms with Gasteiger partial charge in [-0.2, -0.15) is 0 Å². The number of nitrogens with one attached hydrogen (secondary N) is 1. The third kappa shape index (κ3) is 3.92. The maximum absolute atomic E-state index is 12.6. The topological polar surface area (TPSA) is 80.6 Å². The Labute approximate surface area is 150 Å². The van der Waals surface area contributed by atoms with Gasteiger partial charge in [0.25, 0.3) is 5.91 Å². The lowest BCUT2D eigenvalue weighted by Gasteiger charge is -2.06. The fraction of sp³-hybridized carbons (Fsp3) is 0.100. The Balaban J connectivity index is 1.85. The van der Waals surface area contributed by atoms with Crippen LogP contribution in [0.4, 0.5) is 5.69 Å². The van der Waals surface area contributed by atoms with Crippen LogP contribution >= 0.6 is 0 Å². The quantitative estimate of drug-likeness (QED) is 0.713. The Morgan fingerprint density at radius 2 is 1.77 bits per heavy atom. The molecule has 1 amide bonds. The van der Waals surface area contributed by atoms with Crippen molar-refractivity contribution in [3.05, 3.63) is 83.7 Å². The van der Waals surface area contributed by atoms with E-state index >= 15 is 0 Å². The normalized spacial score (nSPS) is 10.3. The number of anilines is 1. The SMILES string of the molecule is COc1cccc(NC(=O)c2cn(Cc3ccccc3)cc2C(=O)O)c1. The highest BCUT2D eigenvalue weighted by Crippen LogP contribution is 2.19. The molecule has 2 aromatic carbocycles. The molecule has 0 fully saturated rings. The van der Waals surface area contributed by atoms with Crippen LogP contribution in [-0.4, -0.2) is 28.7 Å². The number of nitrogens with zero attached hydrogens (tertiary/aromatic N) is 1. The summed E-state index contributed by atoms with van der Waals surface area (Å²) in [5.74, 6) is -1.03. The van der Waals surface area contributed by atoms with Gasteiger partial charge in [0, 0.05) is 30.7 Å². The number of aromatic carboxylic acids is 1. The Bertz CT molecular complexity index is 932. The number of amides is 1. The average Bonchev–Trinajstić information content (AvgIpc) is 3.07. The molecule has 0 unspecified atom stereocenters. The van der Waals surface area contributed by atoms with Gasteiger partial charge in [0.2, 0.25) is 0 Å². The van der Waals surface area contributed by atoms with E-state index in [1.165, 1.54) is 13.3 Å². The number of carbonyl (C=O) groups is 2. The molecule has 2 N–H and O–H groups in total. The molecule has 6 nitrogen and oxygen atoms in total. The Morgan fingerprint density at radius 3 is 2.46 bits per heavy atom. The van der Waals surface area contributed by atoms with Gasteiger partial charge >= 0.3 is 5.97 Å². The number of carboxylic acids is 1. The summed E-state index contributed by atoms with van der Waals surface area (Å²) in [4.78, 5) is 24.1. The van der Waals surface area contributed by atoms with Crippen molar-refractivity contribution in [3.63, 3.8) is 0 Å². The van der Waals surface area contributed by atoms with Gasteiger partial charge in [0.1, 0.15) is 5.75 Å². The van der Waals surface area contributed by atoms with Gasteiger partial charge in [0.15, 0.2) is 0 Å². The predicted molar refractivity (Wildman–Crippen MR) is 97.9 cm³/mol. The monoisotopic (exact) mass is 350 g/mol. The summed E-state index contributed by atoms with van der Waals surface area (Å²) in [6.07, 6.45) is 3.02. The van der Waals surface area contributed by atoms with Gasteiger partial charge in [-0.25, -0.2) is 4.79 Å². The number of methoxy groups -OCH3 is 1. The lowest BCUT2D eigenvalue weighted by atomic mass is 10.2. The molecule has 0 radical (unpaired) electrons. The van der Waals surface area contributed by atoms with Crippen LogP contribution in [0.3, 0.4) is 0 Å². The number of carbonyl (C=O) groups excluding carboxylic acids is 1. The molecule has 0 saturated heterocycles. The van der Waals surface area contributed by atoms with E-state index in [0.29, 0.717) is 18.0 Å². The van der Waals surface area contributed by atoms with Crippen LogP contribution in [0.2, 0.25) is 0 Å². The van der Waals surface area contributed by atoms with Crippen LogP contribution < -0.4 is 10.1 Å². The molecule has 0 aliphatic carbocycles. The summed E-state index contributed by atoms with van der Waals surface area (Å²) in [6, 6.07) is 16.5. The first-order valence-electron chi connectivity index (χ1n) is 7.99. The molecule has 0 aliphatic rings. The molecule has 0 spiro atoms. The van der Waals surface area contributed by atoms with Crippen molar-refractivity contribution in [2.24, 2.45) is 0 Å². The number of aromatic nitrogens is 1. The molecule has 3 rings (SSSR count). The zero-order valence-corrected chi connectivity index (χ0v) is 14.2. The van der Waals surface area contributed by atoms with E-state index in [-0.39, 0.29) is 11.1 Å². The Morgan fingerprint density at radius 1 is 1.04 bits per heavy atom. The smallest absolute Gasteiger partial charge is 0.338 e. The zero-order chi connectivity index (χ0) is 18.5. The molecule has 0 bridgehead atoms. The fourth-order valence-electron chi connectivity index (χ4n) is 2.64. The molecule has 3 aromatic rings. The first kappa shape index (κ1) is 17.3. The van der Waals surface area contributed by atoms with Crippen molar-refractivity contribution < 1.29 is 19.4 Å². The van der Waals surface area contributed by atoms with Crippen molar-refractivity contribution in [1.29, 1.82) is 0 Å². The van der Waals surface area contributed by atoms with Gasteiger partial charge in [-0.1, -0.05) is 36.4 Å². The number of hydrogen-bond donors (Lipinski definition) is 2. The van der Waals surface area contributed by atoms with Crippen molar-refractivity contribution in [2.75, 3.05) is 12.4 Å². The largest absolute Gasteiger partial charge is 0.497 e. The van der Waals surface area contributed by atoms with Gasteiger partial charge in [-0.05, 0) is 17.7 Å². The summed E-state index contributed by atoms with van der Waals surface area (Å²) in [6.45, 7) is 0.480. The van der Waals surface area contributed by atoms with Gasteiger partial charge in [-0.15, -0.1) is 0 Å². The Kier molecular flexibility index (Phi) is 5.03. The highest BCUT2D eigenvalue weighted by atomic mass is 16.5. The van der Waals surface area contributed by atoms with Crippen LogP contribution in [0, 0.1) is 0 Å². The van der Waals surface area contributed by atoms with E-state index < -0.39 is 11.9 Å². The number of ether oxygens (including phenoxy) is 1. The van der Waals surface area contributed by atoms with Gasteiger partial charge in [0.05, 0.1) is 18.2 Å². The minimum Gasteiger partial charge on any atom is -0.497 e. The number of rotatable bonds is 6. The first-order chi connectivity index (χ1) is 12.6. The molecule has 1 heterocycles. The summed E-state index contributed by atoms with van der Waals surface area (Å²) in [5, 5.41) is 12.1. The second kappa shape index (κ2) is 7.57. The maximum Gasteiger partial charge on any atom is 0.338 e. The molecule has 132 valence electrons. The molecule has 6 heteroatoms. The molecular weight excluding hydrogens is 332 g/mol. The molecule has 26 heavy (non-hydrogen) atoms. The predicted octanol–water partition coefficient (Wildman–Crippen LogP) is 3.50. The highest BCUT2D eigenvalue weighted by molar-refractivity contribution is 6.10. The highest BCUT2D eigenvalue weighted by Gasteiger charge is 2.20. The first-order valence-corrected chi connectivity index (χ1v) is 7.99. The second-order valence-corrected chi connectivity index (χ2v) is 5.73. The third-order valence-electron chi connectivity index (χ3n) is 3.89. The van der Waals surface area contributed by atoms with E-state index in [4.69, 9.17) is 4.74 Å². The maximum atomic E-state index is 12.6. The molecule has 0 aliphatic heterocycles. The summed E-state index contributed by atoms with van der Waals surface area (Å²) >= 11 is 0. The Hall–Kier alpha value is -3.54. The van der Waals surface area contributed by atoms with Crippen LogP contribution in [0.25, 0.3) is 0 Å². The van der Waals surface area contributed by atoms with E-state index in [0.717, 1.165) is 5.56 Å². The number of hydrogen-bond acceptors (Lipinski definition) is 3. The van der Waals surface area contributed by atoms with Crippen LogP contribution in [-0.2, 0) is 6.54 Å². The summed E-state index contributed by atoms with van der Waals surface area (Å²) in [7, 11) is 1.53. The van der Waals surface area contributed by atoms with Gasteiger partial charge in [-0.3, -0.25) is 4.79 Å². The summed E-state index contributed by atoms with van der Waals surface area (Å²) in [5.41, 5.74) is 1.61. The lowest BCUT2D eigenvalue weighted by molar-refractivity contribution is 0.0692. The van der Waals surface area contributed by atoms with Crippen molar-refractivity contribution in [3.8, 4) is 5.75 Å². The van der Waals surface area contributed by atoms with Crippen molar-refractivity contribution in [2.45, 2.75) is 6.54 Å². The van der Waals surface area contributed by atoms with E-state index in [9.17, 15) is 14.7 Å².